The molecule has 0 atom stereocenters. The average molecular weight is 301 g/mol. The highest BCUT2D eigenvalue weighted by molar-refractivity contribution is 6.31. The van der Waals surface area contributed by atoms with Crippen molar-refractivity contribution in [3.63, 3.8) is 0 Å². The van der Waals surface area contributed by atoms with E-state index in [9.17, 15) is 0 Å². The van der Waals surface area contributed by atoms with Gasteiger partial charge in [0.2, 0.25) is 0 Å². The van der Waals surface area contributed by atoms with Gasteiger partial charge in [0.15, 0.2) is 0 Å². The number of halogens is 1. The van der Waals surface area contributed by atoms with E-state index in [0.717, 1.165) is 46.2 Å². The zero-order valence-corrected chi connectivity index (χ0v) is 12.6. The Morgan fingerprint density at radius 3 is 2.81 bits per heavy atom. The van der Waals surface area contributed by atoms with Crippen LogP contribution in [0.1, 0.15) is 11.4 Å². The number of H-pyrrole nitrogens is 1. The monoisotopic (exact) mass is 300 g/mol. The highest BCUT2D eigenvalue weighted by atomic mass is 35.5. The molecule has 0 unspecified atom stereocenters. The van der Waals surface area contributed by atoms with Gasteiger partial charge in [0, 0.05) is 17.3 Å². The first kappa shape index (κ1) is 13.9. The highest BCUT2D eigenvalue weighted by Crippen LogP contribution is 2.18. The number of rotatable bonds is 4. The molecule has 0 bridgehead atoms. The van der Waals surface area contributed by atoms with Crippen molar-refractivity contribution in [2.75, 3.05) is 12.8 Å². The largest absolute Gasteiger partial charge is 0.399 e. The van der Waals surface area contributed by atoms with Crippen LogP contribution in [-0.2, 0) is 13.1 Å². The van der Waals surface area contributed by atoms with Crippen LogP contribution in [0, 0.1) is 0 Å². The van der Waals surface area contributed by atoms with E-state index in [1.807, 2.05) is 49.5 Å². The number of nitrogen functional groups attached to an aromatic ring is 1. The van der Waals surface area contributed by atoms with Gasteiger partial charge in [-0.25, -0.2) is 4.98 Å². The summed E-state index contributed by atoms with van der Waals surface area (Å²) in [6.45, 7) is 1.50. The van der Waals surface area contributed by atoms with Crippen LogP contribution in [0.15, 0.2) is 42.5 Å². The Labute approximate surface area is 128 Å². The van der Waals surface area contributed by atoms with Gasteiger partial charge in [-0.1, -0.05) is 29.8 Å². The lowest BCUT2D eigenvalue weighted by Gasteiger charge is -2.15. The molecule has 108 valence electrons. The summed E-state index contributed by atoms with van der Waals surface area (Å²) in [5.41, 5.74) is 9.54. The van der Waals surface area contributed by atoms with E-state index in [1.54, 1.807) is 0 Å². The van der Waals surface area contributed by atoms with Crippen molar-refractivity contribution in [3.8, 4) is 0 Å². The molecular formula is C16H17ClN4. The van der Waals surface area contributed by atoms with Crippen LogP contribution in [0.2, 0.25) is 5.02 Å². The van der Waals surface area contributed by atoms with Crippen LogP contribution >= 0.6 is 11.6 Å². The number of fused-ring (bicyclic) bond motifs is 1. The Hall–Kier alpha value is -2.04. The number of aromatic nitrogens is 2. The smallest absolute Gasteiger partial charge is 0.121 e. The first-order chi connectivity index (χ1) is 10.1. The molecule has 2 aromatic carbocycles. The molecule has 3 N–H and O–H groups in total. The first-order valence-electron chi connectivity index (χ1n) is 6.78. The quantitative estimate of drug-likeness (QED) is 0.726. The molecule has 0 radical (unpaired) electrons. The second-order valence-electron chi connectivity index (χ2n) is 5.22. The number of imidazole rings is 1. The van der Waals surface area contributed by atoms with Crippen LogP contribution in [-0.4, -0.2) is 21.9 Å². The number of hydrogen-bond acceptors (Lipinski definition) is 3. The first-order valence-corrected chi connectivity index (χ1v) is 7.15. The van der Waals surface area contributed by atoms with Gasteiger partial charge < -0.3 is 10.7 Å². The number of benzene rings is 2. The summed E-state index contributed by atoms with van der Waals surface area (Å²) in [7, 11) is 2.05. The number of nitrogens with one attached hydrogen (secondary N) is 1. The SMILES string of the molecule is CN(Cc1nc2ccc(N)cc2[nH]1)Cc1ccccc1Cl. The lowest BCUT2D eigenvalue weighted by Crippen LogP contribution is -2.18. The molecule has 0 aliphatic rings. The van der Waals surface area contributed by atoms with Gasteiger partial charge in [-0.2, -0.15) is 0 Å². The van der Waals surface area contributed by atoms with E-state index in [4.69, 9.17) is 17.3 Å². The Balaban J connectivity index is 1.74. The van der Waals surface area contributed by atoms with Crippen molar-refractivity contribution < 1.29 is 0 Å². The van der Waals surface area contributed by atoms with Crippen molar-refractivity contribution in [3.05, 3.63) is 58.9 Å². The van der Waals surface area contributed by atoms with Gasteiger partial charge in [-0.15, -0.1) is 0 Å². The zero-order chi connectivity index (χ0) is 14.8. The number of nitrogens with two attached hydrogens (primary N) is 1. The highest BCUT2D eigenvalue weighted by Gasteiger charge is 2.08. The lowest BCUT2D eigenvalue weighted by atomic mass is 10.2. The molecular weight excluding hydrogens is 284 g/mol. The van der Waals surface area contributed by atoms with Gasteiger partial charge in [0.25, 0.3) is 0 Å². The molecule has 1 aromatic heterocycles. The van der Waals surface area contributed by atoms with Crippen molar-refractivity contribution in [2.45, 2.75) is 13.1 Å². The van der Waals surface area contributed by atoms with Crippen molar-refractivity contribution >= 4 is 28.3 Å². The summed E-state index contributed by atoms with van der Waals surface area (Å²) in [6, 6.07) is 13.6. The summed E-state index contributed by atoms with van der Waals surface area (Å²) in [5, 5.41) is 0.793. The minimum Gasteiger partial charge on any atom is -0.399 e. The van der Waals surface area contributed by atoms with Gasteiger partial charge in [-0.05, 0) is 36.9 Å². The molecule has 0 fully saturated rings. The van der Waals surface area contributed by atoms with Crippen molar-refractivity contribution in [1.29, 1.82) is 0 Å². The lowest BCUT2D eigenvalue weighted by molar-refractivity contribution is 0.312. The third-order valence-corrected chi connectivity index (χ3v) is 3.74. The van der Waals surface area contributed by atoms with Crippen LogP contribution < -0.4 is 5.73 Å². The second kappa shape index (κ2) is 5.76. The fourth-order valence-corrected chi connectivity index (χ4v) is 2.58. The third kappa shape index (κ3) is 3.17. The maximum absolute atomic E-state index is 6.19. The van der Waals surface area contributed by atoms with E-state index >= 15 is 0 Å². The maximum Gasteiger partial charge on any atom is 0.121 e. The van der Waals surface area contributed by atoms with Gasteiger partial charge in [-0.3, -0.25) is 4.90 Å². The standard InChI is InChI=1S/C16H17ClN4/c1-21(9-11-4-2-3-5-13(11)17)10-16-19-14-7-6-12(18)8-15(14)20-16/h2-8H,9-10,18H2,1H3,(H,19,20). The van der Waals surface area contributed by atoms with E-state index in [0.29, 0.717) is 0 Å². The van der Waals surface area contributed by atoms with Crippen LogP contribution in [0.3, 0.4) is 0 Å². The molecule has 0 aliphatic heterocycles. The van der Waals surface area contributed by atoms with Crippen molar-refractivity contribution in [1.82, 2.24) is 14.9 Å². The summed E-state index contributed by atoms with van der Waals surface area (Å²) >= 11 is 6.19. The molecule has 0 spiro atoms. The minimum atomic E-state index is 0.722. The van der Waals surface area contributed by atoms with Crippen LogP contribution in [0.25, 0.3) is 11.0 Å². The van der Waals surface area contributed by atoms with Crippen molar-refractivity contribution in [2.24, 2.45) is 0 Å². The predicted octanol–water partition coefficient (Wildman–Crippen LogP) is 3.43. The normalized spacial score (nSPS) is 11.4. The fourth-order valence-electron chi connectivity index (χ4n) is 2.38. The number of aromatic amines is 1. The minimum absolute atomic E-state index is 0.722. The summed E-state index contributed by atoms with van der Waals surface area (Å²) in [6.07, 6.45) is 0. The summed E-state index contributed by atoms with van der Waals surface area (Å²) < 4.78 is 0. The third-order valence-electron chi connectivity index (χ3n) is 3.37. The molecule has 3 rings (SSSR count). The summed E-state index contributed by atoms with van der Waals surface area (Å²) in [5.74, 6) is 0.921. The number of hydrogen-bond donors (Lipinski definition) is 2. The van der Waals surface area contributed by atoms with Crippen LogP contribution in [0.5, 0.6) is 0 Å². The van der Waals surface area contributed by atoms with E-state index in [1.165, 1.54) is 0 Å². The molecule has 0 saturated heterocycles. The topological polar surface area (TPSA) is 57.9 Å². The molecule has 21 heavy (non-hydrogen) atoms. The molecule has 1 heterocycles. The maximum atomic E-state index is 6.19. The van der Waals surface area contributed by atoms with Gasteiger partial charge in [0.05, 0.1) is 17.6 Å². The predicted molar refractivity (Wildman–Crippen MR) is 87.1 cm³/mol. The molecule has 0 amide bonds. The second-order valence-corrected chi connectivity index (χ2v) is 5.63. The van der Waals surface area contributed by atoms with Gasteiger partial charge >= 0.3 is 0 Å². The Morgan fingerprint density at radius 2 is 2.00 bits per heavy atom. The van der Waals surface area contributed by atoms with Gasteiger partial charge in [0.1, 0.15) is 5.82 Å². The Morgan fingerprint density at radius 1 is 1.19 bits per heavy atom. The average Bonchev–Trinajstić information content (AvgIpc) is 2.82. The van der Waals surface area contributed by atoms with E-state index in [-0.39, 0.29) is 0 Å². The van der Waals surface area contributed by atoms with Crippen LogP contribution in [0.4, 0.5) is 5.69 Å². The molecule has 3 aromatic rings. The Bertz CT molecular complexity index is 766. The summed E-state index contributed by atoms with van der Waals surface area (Å²) in [4.78, 5) is 10.0. The fraction of sp³-hybridized carbons (Fsp3) is 0.188. The molecule has 0 aliphatic carbocycles. The van der Waals surface area contributed by atoms with E-state index < -0.39 is 0 Å². The Kier molecular flexibility index (Phi) is 3.82. The zero-order valence-electron chi connectivity index (χ0n) is 11.8. The van der Waals surface area contributed by atoms with E-state index in [2.05, 4.69) is 14.9 Å². The number of nitrogens with zero attached hydrogens (tertiary/aromatic N) is 2. The molecule has 4 nitrogen and oxygen atoms in total. The molecule has 0 saturated carbocycles. The number of anilines is 1. The molecule has 5 heteroatoms.